The van der Waals surface area contributed by atoms with E-state index in [0.29, 0.717) is 23.1 Å². The minimum absolute atomic E-state index is 0.276. The maximum atomic E-state index is 13.5. The Labute approximate surface area is 265 Å². The van der Waals surface area contributed by atoms with Crippen LogP contribution in [0.5, 0.6) is 0 Å². The van der Waals surface area contributed by atoms with Crippen molar-refractivity contribution in [2.45, 2.75) is 56.7 Å². The molecule has 45 heavy (non-hydrogen) atoms. The van der Waals surface area contributed by atoms with E-state index in [1.807, 2.05) is 37.3 Å². The van der Waals surface area contributed by atoms with Crippen molar-refractivity contribution in [3.63, 3.8) is 0 Å². The Morgan fingerprint density at radius 2 is 0.978 bits per heavy atom. The summed E-state index contributed by atoms with van der Waals surface area (Å²) in [5, 5.41) is 0. The Morgan fingerprint density at radius 3 is 1.38 bits per heavy atom. The summed E-state index contributed by atoms with van der Waals surface area (Å²) in [5.74, 6) is -2.09. The van der Waals surface area contributed by atoms with Gasteiger partial charge in [-0.1, -0.05) is 110 Å². The van der Waals surface area contributed by atoms with Crippen LogP contribution in [0.2, 0.25) is 0 Å². The number of methoxy groups -OCH3 is 3. The van der Waals surface area contributed by atoms with Gasteiger partial charge in [0.2, 0.25) is 0 Å². The monoisotopic (exact) mass is 618 g/mol. The van der Waals surface area contributed by atoms with Crippen LogP contribution in [0, 0.1) is 0 Å². The minimum atomic E-state index is -1.18. The van der Waals surface area contributed by atoms with Crippen LogP contribution in [-0.2, 0) is 42.8 Å². The Bertz CT molecular complexity index is 1330. The first-order valence-corrected chi connectivity index (χ1v) is 14.9. The van der Waals surface area contributed by atoms with Crippen LogP contribution in [0.4, 0.5) is 0 Å². The van der Waals surface area contributed by atoms with Crippen molar-refractivity contribution in [1.82, 2.24) is 0 Å². The molecule has 0 bridgehead atoms. The molecule has 0 aliphatic heterocycles. The van der Waals surface area contributed by atoms with Crippen LogP contribution in [0.15, 0.2) is 103 Å². The van der Waals surface area contributed by atoms with Gasteiger partial charge < -0.3 is 28.4 Å². The third kappa shape index (κ3) is 10.7. The zero-order valence-corrected chi connectivity index (χ0v) is 26.2. The summed E-state index contributed by atoms with van der Waals surface area (Å²) in [6.45, 7) is 1.61. The lowest BCUT2D eigenvalue weighted by molar-refractivity contribution is -0.189. The summed E-state index contributed by atoms with van der Waals surface area (Å²) in [6, 6.07) is 26.7. The standard InChI is InChI=1S/C36H42O9/c1-5-6-7-17-24-29(44-35(38)32(41-3)27-20-13-9-14-21-27)30(45-36(39)33(42-4)28-22-15-10-16-23-28)25-43-34(37)31(40-2)26-18-11-8-12-19-26/h6-16,18-23,29-33H,5,17,24-25H2,1-4H3/b7-6-/t29-,30-,31-,32-,33-/m0/s1. The number of hydrogen-bond donors (Lipinski definition) is 0. The van der Waals surface area contributed by atoms with Crippen LogP contribution >= 0.6 is 0 Å². The van der Waals surface area contributed by atoms with Crippen LogP contribution in [0.3, 0.4) is 0 Å². The van der Waals surface area contributed by atoms with E-state index in [0.717, 1.165) is 6.42 Å². The van der Waals surface area contributed by atoms with Gasteiger partial charge in [-0.25, -0.2) is 14.4 Å². The predicted molar refractivity (Wildman–Crippen MR) is 168 cm³/mol. The highest BCUT2D eigenvalue weighted by molar-refractivity contribution is 5.78. The van der Waals surface area contributed by atoms with Gasteiger partial charge in [-0.15, -0.1) is 0 Å². The Kier molecular flexibility index (Phi) is 15.0. The minimum Gasteiger partial charge on any atom is -0.459 e. The fraction of sp³-hybridized carbons (Fsp3) is 0.361. The van der Waals surface area contributed by atoms with Gasteiger partial charge >= 0.3 is 17.9 Å². The molecule has 0 aromatic heterocycles. The van der Waals surface area contributed by atoms with E-state index >= 15 is 0 Å². The zero-order valence-electron chi connectivity index (χ0n) is 26.2. The molecule has 0 heterocycles. The highest BCUT2D eigenvalue weighted by Crippen LogP contribution is 2.25. The molecule has 0 amide bonds. The molecule has 0 N–H and O–H groups in total. The van der Waals surface area contributed by atoms with Crippen molar-refractivity contribution >= 4 is 17.9 Å². The molecule has 9 nitrogen and oxygen atoms in total. The zero-order chi connectivity index (χ0) is 32.4. The quantitative estimate of drug-likeness (QED) is 0.0927. The number of benzene rings is 3. The number of ether oxygens (including phenoxy) is 6. The molecule has 0 aliphatic carbocycles. The van der Waals surface area contributed by atoms with Crippen molar-refractivity contribution in [1.29, 1.82) is 0 Å². The lowest BCUT2D eigenvalue weighted by atomic mass is 10.1. The smallest absolute Gasteiger partial charge is 0.340 e. The number of carbonyl (C=O) groups is 3. The molecule has 0 spiro atoms. The van der Waals surface area contributed by atoms with E-state index < -0.39 is 55.0 Å². The third-order valence-electron chi connectivity index (χ3n) is 7.02. The largest absolute Gasteiger partial charge is 0.459 e. The molecule has 3 aromatic carbocycles. The summed E-state index contributed by atoms with van der Waals surface area (Å²) in [7, 11) is 4.21. The molecule has 0 aliphatic rings. The van der Waals surface area contributed by atoms with Gasteiger partial charge in [0.1, 0.15) is 12.7 Å². The summed E-state index contributed by atoms with van der Waals surface area (Å²) in [4.78, 5) is 40.2. The summed E-state index contributed by atoms with van der Waals surface area (Å²) >= 11 is 0. The lowest BCUT2D eigenvalue weighted by Gasteiger charge is -2.29. The number of esters is 3. The van der Waals surface area contributed by atoms with Gasteiger partial charge in [0.05, 0.1) is 0 Å². The Morgan fingerprint density at radius 1 is 0.578 bits per heavy atom. The molecule has 0 saturated heterocycles. The average Bonchev–Trinajstić information content (AvgIpc) is 3.07. The summed E-state index contributed by atoms with van der Waals surface area (Å²) < 4.78 is 34.0. The molecule has 3 rings (SSSR count). The summed E-state index contributed by atoms with van der Waals surface area (Å²) in [5.41, 5.74) is 1.77. The van der Waals surface area contributed by atoms with Gasteiger partial charge in [-0.05, 0) is 36.0 Å². The molecule has 0 unspecified atom stereocenters. The second-order valence-electron chi connectivity index (χ2n) is 10.1. The molecule has 3 aromatic rings. The second kappa shape index (κ2) is 19.2. The predicted octanol–water partition coefficient (Wildman–Crippen LogP) is 6.26. The van der Waals surface area contributed by atoms with Crippen LogP contribution in [-0.4, -0.2) is 58.1 Å². The van der Waals surface area contributed by atoms with Crippen molar-refractivity contribution in [3.05, 3.63) is 120 Å². The number of rotatable bonds is 18. The van der Waals surface area contributed by atoms with Gasteiger partial charge in [0.25, 0.3) is 0 Å². The van der Waals surface area contributed by atoms with E-state index in [-0.39, 0.29) is 6.42 Å². The first kappa shape index (κ1) is 35.2. The van der Waals surface area contributed by atoms with Gasteiger partial charge in [0.15, 0.2) is 24.4 Å². The maximum absolute atomic E-state index is 13.5. The fourth-order valence-corrected chi connectivity index (χ4v) is 4.73. The van der Waals surface area contributed by atoms with E-state index in [1.165, 1.54) is 21.3 Å². The second-order valence-corrected chi connectivity index (χ2v) is 10.1. The van der Waals surface area contributed by atoms with Crippen molar-refractivity contribution < 1.29 is 42.8 Å². The molecular formula is C36H42O9. The average molecular weight is 619 g/mol. The van der Waals surface area contributed by atoms with Crippen LogP contribution in [0.25, 0.3) is 0 Å². The van der Waals surface area contributed by atoms with E-state index in [2.05, 4.69) is 0 Å². The normalized spacial score (nSPS) is 14.6. The molecule has 0 fully saturated rings. The van der Waals surface area contributed by atoms with Crippen molar-refractivity contribution in [2.24, 2.45) is 0 Å². The number of carbonyl (C=O) groups excluding carboxylic acids is 3. The fourth-order valence-electron chi connectivity index (χ4n) is 4.73. The highest BCUT2D eigenvalue weighted by atomic mass is 16.6. The first-order valence-electron chi connectivity index (χ1n) is 14.9. The number of allylic oxidation sites excluding steroid dienone is 2. The Balaban J connectivity index is 1.91. The van der Waals surface area contributed by atoms with Gasteiger partial charge in [-0.3, -0.25) is 0 Å². The highest BCUT2D eigenvalue weighted by Gasteiger charge is 2.36. The molecule has 9 heteroatoms. The van der Waals surface area contributed by atoms with Gasteiger partial charge in [0, 0.05) is 21.3 Å². The Hall–Kier alpha value is -4.31. The lowest BCUT2D eigenvalue weighted by Crippen LogP contribution is -2.41. The van der Waals surface area contributed by atoms with Crippen LogP contribution < -0.4 is 0 Å². The van der Waals surface area contributed by atoms with Crippen LogP contribution in [0.1, 0.15) is 61.2 Å². The van der Waals surface area contributed by atoms with E-state index in [9.17, 15) is 14.4 Å². The third-order valence-corrected chi connectivity index (χ3v) is 7.02. The van der Waals surface area contributed by atoms with E-state index in [4.69, 9.17) is 28.4 Å². The van der Waals surface area contributed by atoms with E-state index in [1.54, 1.807) is 72.8 Å². The summed E-state index contributed by atoms with van der Waals surface area (Å²) in [6.07, 6.45) is 0.279. The first-order chi connectivity index (χ1) is 21.9. The topological polar surface area (TPSA) is 107 Å². The van der Waals surface area contributed by atoms with Gasteiger partial charge in [-0.2, -0.15) is 0 Å². The molecule has 0 radical (unpaired) electrons. The maximum Gasteiger partial charge on any atom is 0.340 e. The molecular weight excluding hydrogens is 576 g/mol. The molecule has 0 saturated carbocycles. The molecule has 240 valence electrons. The van der Waals surface area contributed by atoms with Crippen molar-refractivity contribution in [2.75, 3.05) is 27.9 Å². The molecule has 5 atom stereocenters. The number of hydrogen-bond acceptors (Lipinski definition) is 9. The van der Waals surface area contributed by atoms with Crippen molar-refractivity contribution in [3.8, 4) is 0 Å². The SMILES string of the molecule is CC/C=C\CC[C@H](OC(=O)[C@@H](OC)c1ccccc1)[C@H](COC(=O)[C@@H](OC)c1ccccc1)OC(=O)[C@@H](OC)c1ccccc1.